The molecule has 0 unspecified atom stereocenters. The molecule has 0 spiro atoms. The first-order valence-corrected chi connectivity index (χ1v) is 4.82. The van der Waals surface area contributed by atoms with E-state index in [2.05, 4.69) is 4.74 Å². The van der Waals surface area contributed by atoms with Gasteiger partial charge in [0.2, 0.25) is 0 Å². The van der Waals surface area contributed by atoms with Crippen molar-refractivity contribution < 1.29 is 18.9 Å². The summed E-state index contributed by atoms with van der Waals surface area (Å²) < 4.78 is 9.89. The van der Waals surface area contributed by atoms with Crippen LogP contribution in [-0.4, -0.2) is 18.0 Å². The molecule has 1 aromatic heterocycles. The van der Waals surface area contributed by atoms with E-state index < -0.39 is 16.6 Å². The van der Waals surface area contributed by atoms with E-state index in [0.717, 1.165) is 13.2 Å². The summed E-state index contributed by atoms with van der Waals surface area (Å²) in [6, 6.07) is 3.15. The number of rotatable bonds is 3. The Morgan fingerprint density at radius 1 is 1.67 bits per heavy atom. The van der Waals surface area contributed by atoms with Crippen LogP contribution in [0.2, 0.25) is 0 Å². The number of nitrogens with zero attached hydrogens (tertiary/aromatic N) is 1. The number of furan rings is 1. The predicted octanol–water partition coefficient (Wildman–Crippen LogP) is 1.67. The Balaban J connectivity index is 3.04. The lowest BCUT2D eigenvalue weighted by Gasteiger charge is -1.94. The van der Waals surface area contributed by atoms with Gasteiger partial charge < -0.3 is 9.15 Å². The molecule has 0 aromatic carbocycles. The molecule has 0 atom stereocenters. The van der Waals surface area contributed by atoms with Gasteiger partial charge in [-0.05, 0) is 34.7 Å². The maximum Gasteiger partial charge on any atom is 0.409 e. The molecule has 0 aliphatic heterocycles. The summed E-state index contributed by atoms with van der Waals surface area (Å²) in [4.78, 5) is 20.7. The zero-order valence-electron chi connectivity index (χ0n) is 7.60. The van der Waals surface area contributed by atoms with Crippen molar-refractivity contribution >= 4 is 34.6 Å². The monoisotopic (exact) mass is 323 g/mol. The van der Waals surface area contributed by atoms with Crippen LogP contribution < -0.4 is 0 Å². The second-order valence-electron chi connectivity index (χ2n) is 2.42. The minimum absolute atomic E-state index is 0.233. The van der Waals surface area contributed by atoms with Gasteiger partial charge in [0, 0.05) is 0 Å². The highest BCUT2D eigenvalue weighted by Gasteiger charge is 2.23. The Labute approximate surface area is 98.2 Å². The third-order valence-corrected chi connectivity index (χ3v) is 2.04. The normalized spacial score (nSPS) is 11.2. The molecular weight excluding hydrogens is 317 g/mol. The molecular formula is C8H6INO5. The topological polar surface area (TPSA) is 82.6 Å². The molecule has 7 heteroatoms. The van der Waals surface area contributed by atoms with Crippen LogP contribution in [0.25, 0.3) is 6.08 Å². The predicted molar refractivity (Wildman–Crippen MR) is 58.4 cm³/mol. The molecule has 0 aliphatic carbocycles. The van der Waals surface area contributed by atoms with Crippen LogP contribution in [-0.2, 0) is 9.53 Å². The minimum atomic E-state index is -1.01. The maximum absolute atomic E-state index is 11.0. The third-order valence-electron chi connectivity index (χ3n) is 1.46. The molecule has 80 valence electrons. The van der Waals surface area contributed by atoms with Crippen LogP contribution in [0.1, 0.15) is 5.76 Å². The Bertz CT molecular complexity index is 422. The van der Waals surface area contributed by atoms with E-state index >= 15 is 0 Å². The number of hydrogen-bond donors (Lipinski definition) is 0. The van der Waals surface area contributed by atoms with Crippen LogP contribution in [0, 0.1) is 13.9 Å². The molecule has 0 N–H and O–H groups in total. The number of methoxy groups -OCH3 is 1. The van der Waals surface area contributed by atoms with Crippen molar-refractivity contribution in [1.82, 2.24) is 0 Å². The van der Waals surface area contributed by atoms with Crippen molar-refractivity contribution in [3.8, 4) is 0 Å². The van der Waals surface area contributed by atoms with E-state index in [0.29, 0.717) is 3.77 Å². The quantitative estimate of drug-likeness (QED) is 0.278. The molecule has 6 nitrogen and oxygen atoms in total. The first-order chi connectivity index (χ1) is 7.04. The summed E-state index contributed by atoms with van der Waals surface area (Å²) >= 11 is 1.91. The molecule has 0 saturated carbocycles. The van der Waals surface area contributed by atoms with Gasteiger partial charge in [0.15, 0.2) is 3.77 Å². The number of ether oxygens (including phenoxy) is 1. The van der Waals surface area contributed by atoms with Gasteiger partial charge in [-0.1, -0.05) is 0 Å². The smallest absolute Gasteiger partial charge is 0.409 e. The Kier molecular flexibility index (Phi) is 3.83. The van der Waals surface area contributed by atoms with Crippen molar-refractivity contribution in [3.63, 3.8) is 0 Å². The SMILES string of the molecule is COC(=O)C(=Cc1ccc(I)o1)[N+](=O)[O-]. The molecule has 0 radical (unpaired) electrons. The fourth-order valence-corrected chi connectivity index (χ4v) is 1.27. The number of nitro groups is 1. The molecule has 0 bridgehead atoms. The van der Waals surface area contributed by atoms with E-state index in [9.17, 15) is 14.9 Å². The van der Waals surface area contributed by atoms with Gasteiger partial charge in [0.25, 0.3) is 0 Å². The molecule has 1 aromatic rings. The van der Waals surface area contributed by atoms with Gasteiger partial charge in [0.05, 0.1) is 18.1 Å². The van der Waals surface area contributed by atoms with Gasteiger partial charge in [-0.3, -0.25) is 10.1 Å². The van der Waals surface area contributed by atoms with E-state index in [-0.39, 0.29) is 5.76 Å². The second kappa shape index (κ2) is 4.91. The number of halogens is 1. The lowest BCUT2D eigenvalue weighted by molar-refractivity contribution is -0.419. The van der Waals surface area contributed by atoms with Crippen LogP contribution in [0.4, 0.5) is 0 Å². The fraction of sp³-hybridized carbons (Fsp3) is 0.125. The third kappa shape index (κ3) is 3.05. The summed E-state index contributed by atoms with van der Waals surface area (Å²) in [6.45, 7) is 0. The summed E-state index contributed by atoms with van der Waals surface area (Å²) in [5.41, 5.74) is -0.664. The molecule has 1 rings (SSSR count). The molecule has 1 heterocycles. The maximum atomic E-state index is 11.0. The van der Waals surface area contributed by atoms with Gasteiger partial charge >= 0.3 is 11.7 Å². The van der Waals surface area contributed by atoms with Gasteiger partial charge in [-0.15, -0.1) is 0 Å². The van der Waals surface area contributed by atoms with Crippen molar-refractivity contribution in [3.05, 3.63) is 37.5 Å². The van der Waals surface area contributed by atoms with Crippen LogP contribution in [0.15, 0.2) is 22.2 Å². The summed E-state index contributed by atoms with van der Waals surface area (Å²) in [5, 5.41) is 10.5. The van der Waals surface area contributed by atoms with Crippen molar-refractivity contribution in [2.45, 2.75) is 0 Å². The highest BCUT2D eigenvalue weighted by molar-refractivity contribution is 14.1. The highest BCUT2D eigenvalue weighted by atomic mass is 127. The standard InChI is InChI=1S/C8H6INO5/c1-14-8(11)6(10(12)13)4-5-2-3-7(9)15-5/h2-4H,1H3. The van der Waals surface area contributed by atoms with Crippen molar-refractivity contribution in [2.24, 2.45) is 0 Å². The summed E-state index contributed by atoms with van der Waals surface area (Å²) in [5.74, 6) is -0.775. The summed E-state index contributed by atoms with van der Waals surface area (Å²) in [6.07, 6.45) is 1.02. The van der Waals surface area contributed by atoms with E-state index in [1.807, 2.05) is 22.6 Å². The minimum Gasteiger partial charge on any atom is -0.461 e. The van der Waals surface area contributed by atoms with Gasteiger partial charge in [-0.25, -0.2) is 4.79 Å². The number of carbonyl (C=O) groups excluding carboxylic acids is 1. The fourth-order valence-electron chi connectivity index (χ4n) is 0.831. The van der Waals surface area contributed by atoms with E-state index in [1.165, 1.54) is 6.07 Å². The largest absolute Gasteiger partial charge is 0.461 e. The summed E-state index contributed by atoms with van der Waals surface area (Å²) in [7, 11) is 1.07. The molecule has 0 fully saturated rings. The molecule has 0 aliphatic rings. The second-order valence-corrected chi connectivity index (χ2v) is 3.48. The highest BCUT2D eigenvalue weighted by Crippen LogP contribution is 2.14. The number of carbonyl (C=O) groups is 1. The lowest BCUT2D eigenvalue weighted by atomic mass is 10.3. The number of esters is 1. The lowest BCUT2D eigenvalue weighted by Crippen LogP contribution is -2.12. The van der Waals surface area contributed by atoms with Crippen molar-refractivity contribution in [1.29, 1.82) is 0 Å². The Morgan fingerprint density at radius 3 is 2.73 bits per heavy atom. The van der Waals surface area contributed by atoms with E-state index in [4.69, 9.17) is 4.42 Å². The first kappa shape index (κ1) is 11.7. The number of hydrogen-bond acceptors (Lipinski definition) is 5. The average Bonchev–Trinajstić information content (AvgIpc) is 2.59. The molecule has 15 heavy (non-hydrogen) atoms. The Morgan fingerprint density at radius 2 is 2.33 bits per heavy atom. The Hall–Kier alpha value is -1.38. The first-order valence-electron chi connectivity index (χ1n) is 3.74. The van der Waals surface area contributed by atoms with Crippen LogP contribution in [0.3, 0.4) is 0 Å². The van der Waals surface area contributed by atoms with E-state index in [1.54, 1.807) is 6.07 Å². The van der Waals surface area contributed by atoms with Crippen LogP contribution >= 0.6 is 22.6 Å². The zero-order valence-corrected chi connectivity index (χ0v) is 9.76. The van der Waals surface area contributed by atoms with Gasteiger partial charge in [-0.2, -0.15) is 0 Å². The molecule has 0 saturated heterocycles. The van der Waals surface area contributed by atoms with Crippen LogP contribution in [0.5, 0.6) is 0 Å². The zero-order chi connectivity index (χ0) is 11.4. The van der Waals surface area contributed by atoms with Crippen molar-refractivity contribution in [2.75, 3.05) is 7.11 Å². The van der Waals surface area contributed by atoms with Gasteiger partial charge in [0.1, 0.15) is 5.76 Å². The average molecular weight is 323 g/mol. The molecule has 0 amide bonds.